The molecule has 0 aliphatic heterocycles. The molecule has 2 atom stereocenters. The van der Waals surface area contributed by atoms with Gasteiger partial charge in [0.05, 0.1) is 18.8 Å². The van der Waals surface area contributed by atoms with E-state index in [0.29, 0.717) is 18.6 Å². The van der Waals surface area contributed by atoms with Gasteiger partial charge >= 0.3 is 12.1 Å². The molecular formula is C49H81F3O6Si2. The summed E-state index contributed by atoms with van der Waals surface area (Å²) in [7, 11) is -3.76. The topological polar surface area (TPSA) is 74.2 Å². The van der Waals surface area contributed by atoms with E-state index in [0.717, 1.165) is 31.9 Å². The van der Waals surface area contributed by atoms with Gasteiger partial charge in [-0.15, -0.1) is 0 Å². The summed E-state index contributed by atoms with van der Waals surface area (Å²) < 4.78 is 70.1. The molecule has 1 N–H and O–H groups in total. The molecule has 60 heavy (non-hydrogen) atoms. The highest BCUT2D eigenvalue weighted by Gasteiger charge is 2.64. The third-order valence-electron chi connectivity index (χ3n) is 13.2. The first-order valence-electron chi connectivity index (χ1n) is 21.8. The molecule has 0 saturated carbocycles. The summed E-state index contributed by atoms with van der Waals surface area (Å²) in [6.45, 7) is 34.0. The van der Waals surface area contributed by atoms with E-state index in [1.165, 1.54) is 54.7 Å². The average Bonchev–Trinajstić information content (AvgIpc) is 3.08. The van der Waals surface area contributed by atoms with Crippen LogP contribution in [-0.4, -0.2) is 65.9 Å². The molecule has 1 aromatic rings. The van der Waals surface area contributed by atoms with Crippen LogP contribution in [0.15, 0.2) is 76.4 Å². The Balaban J connectivity index is 2.68. The first kappa shape index (κ1) is 53.8. The van der Waals surface area contributed by atoms with Crippen molar-refractivity contribution in [3.05, 3.63) is 82.0 Å². The number of hydrogen-bond acceptors (Lipinski definition) is 6. The maximum absolute atomic E-state index is 15.2. The van der Waals surface area contributed by atoms with E-state index in [1.807, 2.05) is 6.08 Å². The molecule has 0 aromatic heterocycles. The van der Waals surface area contributed by atoms with Crippen molar-refractivity contribution < 1.29 is 41.4 Å². The molecule has 1 aromatic carbocycles. The van der Waals surface area contributed by atoms with Crippen molar-refractivity contribution in [3.8, 4) is 0 Å². The number of hydrogen-bond donors (Lipinski definition) is 1. The average molecular weight is 879 g/mol. The van der Waals surface area contributed by atoms with Crippen molar-refractivity contribution in [1.29, 1.82) is 0 Å². The summed E-state index contributed by atoms with van der Waals surface area (Å²) in [4.78, 5) is 14.2. The lowest BCUT2D eigenvalue weighted by Gasteiger charge is -2.38. The van der Waals surface area contributed by atoms with Gasteiger partial charge in [-0.1, -0.05) is 115 Å². The first-order valence-corrected chi connectivity index (χ1v) is 27.7. The summed E-state index contributed by atoms with van der Waals surface area (Å²) in [5, 5.41) is 10.9. The van der Waals surface area contributed by atoms with E-state index in [2.05, 4.69) is 102 Å². The van der Waals surface area contributed by atoms with Crippen molar-refractivity contribution in [2.24, 2.45) is 5.41 Å². The number of carbonyl (C=O) groups is 1. The highest BCUT2D eigenvalue weighted by atomic mass is 28.4. The Morgan fingerprint density at radius 2 is 1.43 bits per heavy atom. The number of esters is 1. The Hall–Kier alpha value is -2.29. The number of alkyl halides is 3. The van der Waals surface area contributed by atoms with E-state index in [-0.39, 0.29) is 28.5 Å². The molecule has 6 nitrogen and oxygen atoms in total. The van der Waals surface area contributed by atoms with Crippen LogP contribution in [0, 0.1) is 5.41 Å². The van der Waals surface area contributed by atoms with Crippen LogP contribution in [0.3, 0.4) is 0 Å². The number of benzene rings is 1. The molecule has 0 spiro atoms. The zero-order valence-electron chi connectivity index (χ0n) is 40.4. The van der Waals surface area contributed by atoms with Crippen LogP contribution in [0.1, 0.15) is 140 Å². The van der Waals surface area contributed by atoms with Gasteiger partial charge in [0.25, 0.3) is 5.60 Å². The molecule has 0 heterocycles. The molecule has 0 radical (unpaired) electrons. The van der Waals surface area contributed by atoms with Gasteiger partial charge in [-0.3, -0.25) is 0 Å². The Morgan fingerprint density at radius 1 is 0.883 bits per heavy atom. The van der Waals surface area contributed by atoms with Gasteiger partial charge in [0.1, 0.15) is 6.10 Å². The lowest BCUT2D eigenvalue weighted by atomic mass is 9.71. The molecule has 0 bridgehead atoms. The fourth-order valence-electron chi connectivity index (χ4n) is 7.19. The van der Waals surface area contributed by atoms with Gasteiger partial charge in [0, 0.05) is 19.1 Å². The van der Waals surface area contributed by atoms with Crippen LogP contribution in [0.4, 0.5) is 13.2 Å². The molecule has 0 fully saturated rings. The zero-order valence-corrected chi connectivity index (χ0v) is 42.4. The van der Waals surface area contributed by atoms with Crippen LogP contribution >= 0.6 is 0 Å². The lowest BCUT2D eigenvalue weighted by Crippen LogP contribution is -2.52. The predicted octanol–water partition coefficient (Wildman–Crippen LogP) is 14.1. The van der Waals surface area contributed by atoms with Crippen LogP contribution < -0.4 is 0 Å². The smallest absolute Gasteiger partial charge is 0.432 e. The summed E-state index contributed by atoms with van der Waals surface area (Å²) in [6, 6.07) is 6.84. The summed E-state index contributed by atoms with van der Waals surface area (Å²) in [5.74, 6) is -1.60. The van der Waals surface area contributed by atoms with Crippen molar-refractivity contribution in [2.75, 3.05) is 20.3 Å². The quantitative estimate of drug-likeness (QED) is 0.0799. The third kappa shape index (κ3) is 14.9. The fourth-order valence-corrected chi connectivity index (χ4v) is 9.13. The van der Waals surface area contributed by atoms with Crippen molar-refractivity contribution in [3.63, 3.8) is 0 Å². The number of halogens is 3. The maximum atomic E-state index is 15.2. The van der Waals surface area contributed by atoms with Gasteiger partial charge in [-0.25, -0.2) is 4.79 Å². The molecule has 11 heteroatoms. The van der Waals surface area contributed by atoms with Gasteiger partial charge < -0.3 is 23.4 Å². The van der Waals surface area contributed by atoms with Gasteiger partial charge in [-0.2, -0.15) is 13.2 Å². The zero-order chi connectivity index (χ0) is 46.2. The maximum Gasteiger partial charge on any atom is 0.432 e. The second-order valence-corrected chi connectivity index (χ2v) is 30.9. The first-order chi connectivity index (χ1) is 27.2. The van der Waals surface area contributed by atoms with Gasteiger partial charge in [0.15, 0.2) is 16.6 Å². The Kier molecular flexibility index (Phi) is 18.8. The Bertz CT molecular complexity index is 1690. The second kappa shape index (κ2) is 20.9. The van der Waals surface area contributed by atoms with E-state index >= 15 is 13.2 Å². The molecule has 342 valence electrons. The fraction of sp³-hybridized carbons (Fsp3) is 0.694. The van der Waals surface area contributed by atoms with Crippen LogP contribution in [0.2, 0.25) is 36.3 Å². The number of aliphatic hydroxyl groups is 1. The molecule has 1 aliphatic carbocycles. The number of carbonyl (C=O) groups excluding carboxylic acids is 1. The molecule has 0 saturated heterocycles. The third-order valence-corrected chi connectivity index (χ3v) is 22.2. The number of rotatable bonds is 20. The largest absolute Gasteiger partial charge is 0.455 e. The van der Waals surface area contributed by atoms with Crippen LogP contribution in [0.5, 0.6) is 0 Å². The van der Waals surface area contributed by atoms with Gasteiger partial charge in [-0.05, 0) is 132 Å². The molecule has 0 amide bonds. The highest BCUT2D eigenvalue weighted by molar-refractivity contribution is 6.74. The minimum Gasteiger partial charge on any atom is -0.455 e. The van der Waals surface area contributed by atoms with E-state index in [4.69, 9.17) is 18.3 Å². The number of methoxy groups -OCH3 is 1. The molecule has 2 rings (SSSR count). The highest BCUT2D eigenvalue weighted by Crippen LogP contribution is 2.45. The summed E-state index contributed by atoms with van der Waals surface area (Å²) in [5.41, 5.74) is 0.774. The monoisotopic (exact) mass is 879 g/mol. The normalized spacial score (nSPS) is 18.4. The Labute approximate surface area is 364 Å². The van der Waals surface area contributed by atoms with Crippen LogP contribution in [0.25, 0.3) is 0 Å². The summed E-state index contributed by atoms with van der Waals surface area (Å²) >= 11 is 0. The van der Waals surface area contributed by atoms with Crippen molar-refractivity contribution in [1.82, 2.24) is 0 Å². The minimum atomic E-state index is -5.16. The Morgan fingerprint density at radius 3 is 1.92 bits per heavy atom. The SMILES string of the molecule is CO[C@@](C(=O)O[C@H](C/C=C(\CC/C=C(\C)CCC1=C(C)CCCC1(C)C)CO[Si](C)(C)C(C)(C)C)/C(=C\C(C)(C)O)CO[Si](C)(C)C(C)(C)C)(c1ccccc1)C(F)(F)F. The standard InChI is InChI=1S/C49H81F3O6Si2/c1-36(28-30-41-37(2)24-22-32-46(41,9)10)23-21-25-38(34-56-59(14,15)44(3,4)5)29-31-42(39(33-47(11,12)54)35-57-60(16,17)45(6,7)8)58-43(53)48(55-13,49(50,51)52)40-26-19-18-20-27-40/h18-20,23,26-27,29,33,42,54H,21-22,24-25,28,30-32,34-35H2,1-17H3/b36-23+,38-29+,39-33-/t42-,48-/m1/s1. The van der Waals surface area contributed by atoms with Crippen LogP contribution in [-0.2, 0) is 28.7 Å². The van der Waals surface area contributed by atoms with Crippen molar-refractivity contribution in [2.45, 2.75) is 194 Å². The van der Waals surface area contributed by atoms with E-state index in [9.17, 15) is 9.90 Å². The van der Waals surface area contributed by atoms with Gasteiger partial charge in [0.2, 0.25) is 0 Å². The predicted molar refractivity (Wildman–Crippen MR) is 247 cm³/mol. The van der Waals surface area contributed by atoms with E-state index < -0.39 is 51.6 Å². The number of ether oxygens (including phenoxy) is 2. The van der Waals surface area contributed by atoms with E-state index in [1.54, 1.807) is 31.6 Å². The number of allylic oxidation sites excluding steroid dienone is 4. The lowest BCUT2D eigenvalue weighted by molar-refractivity contribution is -0.277. The minimum absolute atomic E-state index is 0.0301. The molecular weight excluding hydrogens is 798 g/mol. The molecule has 0 unspecified atom stereocenters. The van der Waals surface area contributed by atoms with Crippen molar-refractivity contribution >= 4 is 22.6 Å². The second-order valence-electron chi connectivity index (χ2n) is 21.3. The summed E-state index contributed by atoms with van der Waals surface area (Å²) in [6.07, 6.45) is 6.46. The molecule has 1 aliphatic rings.